The van der Waals surface area contributed by atoms with Crippen molar-refractivity contribution in [3.05, 3.63) is 78.1 Å². The zero-order valence-electron chi connectivity index (χ0n) is 18.3. The van der Waals surface area contributed by atoms with Gasteiger partial charge in [-0.05, 0) is 54.6 Å². The minimum absolute atomic E-state index is 0.0131. The van der Waals surface area contributed by atoms with Crippen LogP contribution >= 0.6 is 0 Å². The highest BCUT2D eigenvalue weighted by atomic mass is 16.5. The van der Waals surface area contributed by atoms with Crippen LogP contribution in [0.25, 0.3) is 11.0 Å². The molecule has 1 aromatic heterocycles. The number of methoxy groups -OCH3 is 3. The van der Waals surface area contributed by atoms with E-state index in [0.717, 1.165) is 0 Å². The number of amides is 2. The van der Waals surface area contributed by atoms with Crippen LogP contribution in [-0.4, -0.2) is 33.1 Å². The number of carbonyl (C=O) groups is 2. The molecular weight excluding hydrogens is 424 g/mol. The Kier molecular flexibility index (Phi) is 6.17. The van der Waals surface area contributed by atoms with Gasteiger partial charge >= 0.3 is 0 Å². The Morgan fingerprint density at radius 2 is 1.48 bits per heavy atom. The van der Waals surface area contributed by atoms with Gasteiger partial charge in [-0.3, -0.25) is 9.59 Å². The van der Waals surface area contributed by atoms with Crippen LogP contribution in [0.1, 0.15) is 20.9 Å². The highest BCUT2D eigenvalue weighted by Gasteiger charge is 2.23. The van der Waals surface area contributed by atoms with E-state index in [9.17, 15) is 9.59 Å². The quantitative estimate of drug-likeness (QED) is 0.416. The number of rotatable bonds is 7. The molecule has 3 aromatic carbocycles. The molecule has 33 heavy (non-hydrogen) atoms. The normalized spacial score (nSPS) is 10.5. The maximum absolute atomic E-state index is 13.0. The second-order valence-corrected chi connectivity index (χ2v) is 7.01. The fourth-order valence-electron chi connectivity index (χ4n) is 3.35. The van der Waals surface area contributed by atoms with E-state index in [1.807, 2.05) is 0 Å². The van der Waals surface area contributed by atoms with E-state index >= 15 is 0 Å². The van der Waals surface area contributed by atoms with E-state index in [0.29, 0.717) is 39.5 Å². The van der Waals surface area contributed by atoms with Crippen molar-refractivity contribution in [2.75, 3.05) is 32.0 Å². The van der Waals surface area contributed by atoms with Crippen molar-refractivity contribution >= 4 is 34.2 Å². The van der Waals surface area contributed by atoms with Crippen LogP contribution in [0, 0.1) is 0 Å². The fraction of sp³-hybridized carbons (Fsp3) is 0.120. The SMILES string of the molecule is COc1ccc(NC(=O)c2oc3ccccc3c2NC(=O)c2ccc(OC)c(OC)c2)cc1. The third-order valence-corrected chi connectivity index (χ3v) is 5.03. The number of carbonyl (C=O) groups excluding carboxylic acids is 2. The summed E-state index contributed by atoms with van der Waals surface area (Å²) in [7, 11) is 4.57. The summed E-state index contributed by atoms with van der Waals surface area (Å²) in [5, 5.41) is 6.20. The largest absolute Gasteiger partial charge is 0.497 e. The Morgan fingerprint density at radius 3 is 2.18 bits per heavy atom. The number of benzene rings is 3. The molecule has 8 nitrogen and oxygen atoms in total. The van der Waals surface area contributed by atoms with Crippen molar-refractivity contribution in [2.45, 2.75) is 0 Å². The maximum Gasteiger partial charge on any atom is 0.293 e. The first-order valence-electron chi connectivity index (χ1n) is 10.0. The molecule has 0 aliphatic rings. The molecule has 0 radical (unpaired) electrons. The molecule has 0 saturated carbocycles. The Bertz CT molecular complexity index is 1310. The van der Waals surface area contributed by atoms with Gasteiger partial charge in [0.2, 0.25) is 5.76 Å². The minimum atomic E-state index is -0.501. The zero-order chi connectivity index (χ0) is 23.4. The number of anilines is 2. The molecule has 4 aromatic rings. The number of ether oxygens (including phenoxy) is 3. The molecule has 8 heteroatoms. The zero-order valence-corrected chi connectivity index (χ0v) is 18.3. The first kappa shape index (κ1) is 21.8. The standard InChI is InChI=1S/C25H22N2O6/c1-30-17-11-9-16(10-12-17)26-25(29)23-22(18-6-4-5-7-19(18)33-23)27-24(28)15-8-13-20(31-2)21(14-15)32-3/h4-14H,1-3H3,(H,26,29)(H,27,28). The number of nitrogens with one attached hydrogen (secondary N) is 2. The molecule has 0 spiro atoms. The third kappa shape index (κ3) is 4.45. The summed E-state index contributed by atoms with van der Waals surface area (Å²) < 4.78 is 21.4. The van der Waals surface area contributed by atoms with Gasteiger partial charge in [-0.2, -0.15) is 0 Å². The summed E-state index contributed by atoms with van der Waals surface area (Å²) in [4.78, 5) is 26.1. The maximum atomic E-state index is 13.0. The molecule has 168 valence electrons. The van der Waals surface area contributed by atoms with Crippen LogP contribution in [0.15, 0.2) is 71.1 Å². The van der Waals surface area contributed by atoms with Gasteiger partial charge in [-0.25, -0.2) is 0 Å². The van der Waals surface area contributed by atoms with Gasteiger partial charge in [0.05, 0.1) is 21.3 Å². The number of hydrogen-bond donors (Lipinski definition) is 2. The van der Waals surface area contributed by atoms with E-state index < -0.39 is 11.8 Å². The summed E-state index contributed by atoms with van der Waals surface area (Å²) in [5.41, 5.74) is 1.63. The highest BCUT2D eigenvalue weighted by molar-refractivity contribution is 6.17. The number of furan rings is 1. The van der Waals surface area contributed by atoms with Crippen LogP contribution in [0.2, 0.25) is 0 Å². The molecule has 2 N–H and O–H groups in total. The minimum Gasteiger partial charge on any atom is -0.497 e. The number of hydrogen-bond acceptors (Lipinski definition) is 6. The Morgan fingerprint density at radius 1 is 0.758 bits per heavy atom. The summed E-state index contributed by atoms with van der Waals surface area (Å²) >= 11 is 0. The molecule has 0 unspecified atom stereocenters. The molecule has 4 rings (SSSR count). The number of fused-ring (bicyclic) bond motifs is 1. The van der Waals surface area contributed by atoms with Crippen molar-refractivity contribution in [1.82, 2.24) is 0 Å². The first-order chi connectivity index (χ1) is 16.0. The third-order valence-electron chi connectivity index (χ3n) is 5.03. The van der Waals surface area contributed by atoms with Crippen molar-refractivity contribution < 1.29 is 28.2 Å². The summed E-state index contributed by atoms with van der Waals surface area (Å²) in [6.45, 7) is 0. The van der Waals surface area contributed by atoms with Gasteiger partial charge < -0.3 is 29.3 Å². The van der Waals surface area contributed by atoms with E-state index in [2.05, 4.69) is 10.6 Å². The van der Waals surface area contributed by atoms with Gasteiger partial charge in [-0.1, -0.05) is 12.1 Å². The van der Waals surface area contributed by atoms with Crippen molar-refractivity contribution in [1.29, 1.82) is 0 Å². The van der Waals surface area contributed by atoms with Crippen LogP contribution in [0.3, 0.4) is 0 Å². The van der Waals surface area contributed by atoms with Crippen LogP contribution < -0.4 is 24.8 Å². The number of para-hydroxylation sites is 1. The van der Waals surface area contributed by atoms with Crippen LogP contribution in [0.4, 0.5) is 11.4 Å². The summed E-state index contributed by atoms with van der Waals surface area (Å²) in [6.07, 6.45) is 0. The summed E-state index contributed by atoms with van der Waals surface area (Å²) in [6, 6.07) is 18.8. The van der Waals surface area contributed by atoms with Gasteiger partial charge in [0.25, 0.3) is 11.8 Å². The van der Waals surface area contributed by atoms with Gasteiger partial charge in [0.15, 0.2) is 11.5 Å². The predicted molar refractivity (Wildman–Crippen MR) is 125 cm³/mol. The second kappa shape index (κ2) is 9.35. The fourth-order valence-corrected chi connectivity index (χ4v) is 3.35. The Balaban J connectivity index is 1.66. The first-order valence-corrected chi connectivity index (χ1v) is 10.0. The molecule has 1 heterocycles. The van der Waals surface area contributed by atoms with Gasteiger partial charge in [0, 0.05) is 16.6 Å². The van der Waals surface area contributed by atoms with Crippen LogP contribution in [-0.2, 0) is 0 Å². The molecule has 0 bridgehead atoms. The molecule has 0 aliphatic carbocycles. The average molecular weight is 446 g/mol. The predicted octanol–water partition coefficient (Wildman–Crippen LogP) is 4.96. The highest BCUT2D eigenvalue weighted by Crippen LogP contribution is 2.33. The van der Waals surface area contributed by atoms with Crippen molar-refractivity contribution in [3.8, 4) is 17.2 Å². The lowest BCUT2D eigenvalue weighted by Crippen LogP contribution is -2.17. The van der Waals surface area contributed by atoms with Crippen molar-refractivity contribution in [2.24, 2.45) is 0 Å². The topological polar surface area (TPSA) is 99.0 Å². The van der Waals surface area contributed by atoms with Crippen LogP contribution in [0.5, 0.6) is 17.2 Å². The average Bonchev–Trinajstić information content (AvgIpc) is 3.22. The lowest BCUT2D eigenvalue weighted by atomic mass is 10.1. The monoisotopic (exact) mass is 446 g/mol. The van der Waals surface area contributed by atoms with Crippen molar-refractivity contribution in [3.63, 3.8) is 0 Å². The second-order valence-electron chi connectivity index (χ2n) is 7.01. The molecule has 0 fully saturated rings. The molecular formula is C25H22N2O6. The van der Waals surface area contributed by atoms with Gasteiger partial charge in [-0.15, -0.1) is 0 Å². The lowest BCUT2D eigenvalue weighted by Gasteiger charge is -2.10. The molecule has 0 saturated heterocycles. The molecule has 0 aliphatic heterocycles. The Labute approximate surface area is 190 Å². The summed E-state index contributed by atoms with van der Waals surface area (Å²) in [5.74, 6) is 0.641. The lowest BCUT2D eigenvalue weighted by molar-refractivity contribution is 0.0999. The molecule has 0 atom stereocenters. The van der Waals surface area contributed by atoms with E-state index in [1.54, 1.807) is 73.8 Å². The smallest absolute Gasteiger partial charge is 0.293 e. The molecule has 2 amide bonds. The van der Waals surface area contributed by atoms with Gasteiger partial charge in [0.1, 0.15) is 17.0 Å². The van der Waals surface area contributed by atoms with E-state index in [-0.39, 0.29) is 11.4 Å². The van der Waals surface area contributed by atoms with E-state index in [1.165, 1.54) is 14.2 Å². The van der Waals surface area contributed by atoms with E-state index in [4.69, 9.17) is 18.6 Å². The Hall–Kier alpha value is -4.46.